The first-order valence-corrected chi connectivity index (χ1v) is 9.05. The third-order valence-electron chi connectivity index (χ3n) is 3.83. The molecule has 152 valence electrons. The van der Waals surface area contributed by atoms with Crippen LogP contribution in [0.4, 0.5) is 13.2 Å². The van der Waals surface area contributed by atoms with Crippen molar-refractivity contribution in [3.05, 3.63) is 53.2 Å². The Bertz CT molecular complexity index is 796. The highest BCUT2D eigenvalue weighted by Gasteiger charge is 2.29. The number of aromatic nitrogens is 2. The second-order valence-corrected chi connectivity index (χ2v) is 6.05. The number of halogens is 3. The van der Waals surface area contributed by atoms with Crippen LogP contribution in [-0.2, 0) is 22.3 Å². The highest BCUT2D eigenvalue weighted by atomic mass is 19.4. The number of hydrogen-bond donors (Lipinski definition) is 0. The van der Waals surface area contributed by atoms with Gasteiger partial charge in [-0.1, -0.05) is 25.5 Å². The molecule has 0 fully saturated rings. The lowest BCUT2D eigenvalue weighted by atomic mass is 10.1. The fourth-order valence-electron chi connectivity index (χ4n) is 2.37. The molecule has 0 bridgehead atoms. The standard InChI is InChI=1S/C20H23F3N2O3/c1-3-5-12-28-18-13-17(10-11-19(26)27-4-2)25(24-18)14-15-6-8-16(9-7-15)20(21,22)23/h6-11,13H,3-5,12,14H2,1-2H3/b11-10+. The number of carbonyl (C=O) groups is 1. The number of hydrogen-bond acceptors (Lipinski definition) is 4. The second-order valence-electron chi connectivity index (χ2n) is 6.05. The summed E-state index contributed by atoms with van der Waals surface area (Å²) in [6, 6.07) is 6.55. The summed E-state index contributed by atoms with van der Waals surface area (Å²) in [5.41, 5.74) is 0.518. The van der Waals surface area contributed by atoms with E-state index in [1.54, 1.807) is 23.7 Å². The van der Waals surface area contributed by atoms with Crippen LogP contribution in [0.15, 0.2) is 36.4 Å². The van der Waals surface area contributed by atoms with Crippen LogP contribution in [0.1, 0.15) is 43.5 Å². The molecule has 5 nitrogen and oxygen atoms in total. The molecular weight excluding hydrogens is 373 g/mol. The van der Waals surface area contributed by atoms with Crippen molar-refractivity contribution in [2.24, 2.45) is 0 Å². The Balaban J connectivity index is 2.20. The van der Waals surface area contributed by atoms with Gasteiger partial charge in [0.1, 0.15) is 0 Å². The number of unbranched alkanes of at least 4 members (excludes halogenated alkanes) is 1. The monoisotopic (exact) mass is 396 g/mol. The Labute approximate surface area is 161 Å². The minimum atomic E-state index is -4.38. The van der Waals surface area contributed by atoms with Crippen LogP contribution >= 0.6 is 0 Å². The number of rotatable bonds is 9. The lowest BCUT2D eigenvalue weighted by molar-refractivity contribution is -0.138. The highest BCUT2D eigenvalue weighted by Crippen LogP contribution is 2.29. The number of esters is 1. The molecule has 0 aliphatic heterocycles. The van der Waals surface area contributed by atoms with E-state index in [0.717, 1.165) is 25.0 Å². The third-order valence-corrected chi connectivity index (χ3v) is 3.83. The fraction of sp³-hybridized carbons (Fsp3) is 0.400. The average Bonchev–Trinajstić information content (AvgIpc) is 3.02. The maximum absolute atomic E-state index is 12.7. The Hall–Kier alpha value is -2.77. The second kappa shape index (κ2) is 9.96. The largest absolute Gasteiger partial charge is 0.477 e. The molecule has 0 saturated carbocycles. The molecule has 1 aromatic heterocycles. The molecule has 1 aromatic carbocycles. The quantitative estimate of drug-likeness (QED) is 0.350. The van der Waals surface area contributed by atoms with Crippen molar-refractivity contribution < 1.29 is 27.4 Å². The summed E-state index contributed by atoms with van der Waals surface area (Å²) in [5.74, 6) is -0.0953. The maximum atomic E-state index is 12.7. The molecule has 0 radical (unpaired) electrons. The van der Waals surface area contributed by atoms with Crippen molar-refractivity contribution in [2.75, 3.05) is 13.2 Å². The molecule has 0 aliphatic carbocycles. The highest BCUT2D eigenvalue weighted by molar-refractivity contribution is 5.86. The molecular formula is C20H23F3N2O3. The van der Waals surface area contributed by atoms with E-state index in [9.17, 15) is 18.0 Å². The van der Waals surface area contributed by atoms with E-state index in [0.29, 0.717) is 23.7 Å². The van der Waals surface area contributed by atoms with Crippen LogP contribution in [-0.4, -0.2) is 29.0 Å². The van der Waals surface area contributed by atoms with E-state index >= 15 is 0 Å². The van der Waals surface area contributed by atoms with Crippen LogP contribution < -0.4 is 4.74 Å². The van der Waals surface area contributed by atoms with Crippen molar-refractivity contribution in [1.29, 1.82) is 0 Å². The molecule has 28 heavy (non-hydrogen) atoms. The lowest BCUT2D eigenvalue weighted by Gasteiger charge is -2.08. The summed E-state index contributed by atoms with van der Waals surface area (Å²) in [5, 5.41) is 4.34. The zero-order valence-corrected chi connectivity index (χ0v) is 15.8. The van der Waals surface area contributed by atoms with Gasteiger partial charge in [-0.15, -0.1) is 5.10 Å². The SMILES string of the molecule is CCCCOc1cc(/C=C/C(=O)OCC)n(Cc2ccc(C(F)(F)F)cc2)n1. The molecule has 0 unspecified atom stereocenters. The molecule has 2 aromatic rings. The maximum Gasteiger partial charge on any atom is 0.416 e. The normalized spacial score (nSPS) is 11.8. The van der Waals surface area contributed by atoms with Crippen molar-refractivity contribution in [3.63, 3.8) is 0 Å². The molecule has 2 rings (SSSR count). The van der Waals surface area contributed by atoms with Gasteiger partial charge >= 0.3 is 12.1 Å². The van der Waals surface area contributed by atoms with Gasteiger partial charge in [0.05, 0.1) is 31.0 Å². The first-order valence-electron chi connectivity index (χ1n) is 9.05. The topological polar surface area (TPSA) is 53.4 Å². The predicted molar refractivity (Wildman–Crippen MR) is 98.8 cm³/mol. The molecule has 0 aliphatic rings. The summed E-state index contributed by atoms with van der Waals surface area (Å²) < 4.78 is 50.2. The molecule has 0 spiro atoms. The predicted octanol–water partition coefficient (Wildman–Crippen LogP) is 4.71. The molecule has 8 heteroatoms. The van der Waals surface area contributed by atoms with Crippen LogP contribution in [0.5, 0.6) is 5.88 Å². The van der Waals surface area contributed by atoms with E-state index in [2.05, 4.69) is 5.10 Å². The van der Waals surface area contributed by atoms with Crippen LogP contribution in [0, 0.1) is 0 Å². The van der Waals surface area contributed by atoms with Gasteiger partial charge in [-0.25, -0.2) is 4.79 Å². The van der Waals surface area contributed by atoms with Crippen LogP contribution in [0.3, 0.4) is 0 Å². The minimum Gasteiger partial charge on any atom is -0.477 e. The van der Waals surface area contributed by atoms with Crippen molar-refractivity contribution in [2.45, 2.75) is 39.4 Å². The molecule has 0 saturated heterocycles. The third kappa shape index (κ3) is 6.44. The van der Waals surface area contributed by atoms with Gasteiger partial charge in [0.25, 0.3) is 0 Å². The van der Waals surface area contributed by atoms with Crippen molar-refractivity contribution in [1.82, 2.24) is 9.78 Å². The zero-order chi connectivity index (χ0) is 20.6. The Morgan fingerprint density at radius 1 is 1.21 bits per heavy atom. The smallest absolute Gasteiger partial charge is 0.416 e. The Kier molecular flexibility index (Phi) is 7.66. The molecule has 0 N–H and O–H groups in total. The van der Waals surface area contributed by atoms with E-state index in [4.69, 9.17) is 9.47 Å². The van der Waals surface area contributed by atoms with Gasteiger partial charge in [-0.05, 0) is 37.1 Å². The van der Waals surface area contributed by atoms with Gasteiger partial charge in [-0.2, -0.15) is 13.2 Å². The fourth-order valence-corrected chi connectivity index (χ4v) is 2.37. The average molecular weight is 396 g/mol. The number of ether oxygens (including phenoxy) is 2. The number of alkyl halides is 3. The molecule has 0 atom stereocenters. The van der Waals surface area contributed by atoms with Gasteiger partial charge in [0, 0.05) is 12.1 Å². The number of benzene rings is 1. The van der Waals surface area contributed by atoms with Gasteiger partial charge in [0.15, 0.2) is 0 Å². The Morgan fingerprint density at radius 3 is 2.54 bits per heavy atom. The number of carbonyl (C=O) groups excluding carboxylic acids is 1. The first kappa shape index (κ1) is 21.5. The van der Waals surface area contributed by atoms with Crippen molar-refractivity contribution >= 4 is 12.0 Å². The summed E-state index contributed by atoms with van der Waals surface area (Å²) in [4.78, 5) is 11.6. The summed E-state index contributed by atoms with van der Waals surface area (Å²) in [6.07, 6.45) is 0.293. The van der Waals surface area contributed by atoms with E-state index in [1.807, 2.05) is 6.92 Å². The van der Waals surface area contributed by atoms with Crippen LogP contribution in [0.2, 0.25) is 0 Å². The van der Waals surface area contributed by atoms with Crippen molar-refractivity contribution in [3.8, 4) is 5.88 Å². The van der Waals surface area contributed by atoms with Gasteiger partial charge in [0.2, 0.25) is 5.88 Å². The number of nitrogens with zero attached hydrogens (tertiary/aromatic N) is 2. The summed E-state index contributed by atoms with van der Waals surface area (Å²) >= 11 is 0. The summed E-state index contributed by atoms with van der Waals surface area (Å²) in [6.45, 7) is 4.76. The van der Waals surface area contributed by atoms with Gasteiger partial charge < -0.3 is 9.47 Å². The van der Waals surface area contributed by atoms with E-state index in [-0.39, 0.29) is 13.2 Å². The molecule has 0 amide bonds. The minimum absolute atomic E-state index is 0.234. The van der Waals surface area contributed by atoms with Gasteiger partial charge in [-0.3, -0.25) is 4.68 Å². The summed E-state index contributed by atoms with van der Waals surface area (Å²) in [7, 11) is 0. The van der Waals surface area contributed by atoms with E-state index < -0.39 is 17.7 Å². The van der Waals surface area contributed by atoms with E-state index in [1.165, 1.54) is 18.2 Å². The lowest BCUT2D eigenvalue weighted by Crippen LogP contribution is -2.07. The van der Waals surface area contributed by atoms with Crippen LogP contribution in [0.25, 0.3) is 6.08 Å². The Morgan fingerprint density at radius 2 is 1.93 bits per heavy atom. The first-order chi connectivity index (χ1) is 13.3. The molecule has 1 heterocycles. The zero-order valence-electron chi connectivity index (χ0n) is 15.8.